The largest absolute Gasteiger partial charge is 0.497 e. The predicted molar refractivity (Wildman–Crippen MR) is 123 cm³/mol. The molecule has 0 radical (unpaired) electrons. The minimum absolute atomic E-state index is 0.0112. The highest BCUT2D eigenvalue weighted by molar-refractivity contribution is 6.05. The Morgan fingerprint density at radius 3 is 2.03 bits per heavy atom. The van der Waals surface area contributed by atoms with Crippen molar-refractivity contribution in [1.82, 2.24) is 10.6 Å². The first kappa shape index (κ1) is 22.7. The van der Waals surface area contributed by atoms with E-state index < -0.39 is 11.9 Å². The molecule has 3 rings (SSSR count). The molecule has 0 bridgehead atoms. The van der Waals surface area contributed by atoms with Crippen LogP contribution in [0.4, 0.5) is 4.79 Å². The SMILES string of the molecule is COc1ccc(CCNC(=O)NC(=O)c2ccc(C(=O)CCc3ccccc3)cc2)cc1. The fourth-order valence-electron chi connectivity index (χ4n) is 3.19. The van der Waals surface area contributed by atoms with Crippen molar-refractivity contribution in [3.8, 4) is 5.75 Å². The lowest BCUT2D eigenvalue weighted by Gasteiger charge is -2.08. The predicted octanol–water partition coefficient (Wildman–Crippen LogP) is 4.19. The highest BCUT2D eigenvalue weighted by atomic mass is 16.5. The van der Waals surface area contributed by atoms with Crippen LogP contribution in [-0.2, 0) is 12.8 Å². The minimum atomic E-state index is -0.563. The van der Waals surface area contributed by atoms with Crippen molar-refractivity contribution >= 4 is 17.7 Å². The third kappa shape index (κ3) is 6.80. The first-order valence-corrected chi connectivity index (χ1v) is 10.4. The smallest absolute Gasteiger partial charge is 0.321 e. The van der Waals surface area contributed by atoms with Gasteiger partial charge >= 0.3 is 6.03 Å². The van der Waals surface area contributed by atoms with E-state index in [9.17, 15) is 14.4 Å². The van der Waals surface area contributed by atoms with Crippen molar-refractivity contribution in [2.24, 2.45) is 0 Å². The van der Waals surface area contributed by atoms with Gasteiger partial charge in [-0.3, -0.25) is 14.9 Å². The lowest BCUT2D eigenvalue weighted by Crippen LogP contribution is -2.40. The topological polar surface area (TPSA) is 84.5 Å². The molecule has 3 aromatic rings. The summed E-state index contributed by atoms with van der Waals surface area (Å²) < 4.78 is 5.11. The summed E-state index contributed by atoms with van der Waals surface area (Å²) in [6, 6.07) is 23.1. The van der Waals surface area contributed by atoms with Crippen LogP contribution < -0.4 is 15.4 Å². The summed E-state index contributed by atoms with van der Waals surface area (Å²) in [5.41, 5.74) is 3.01. The molecule has 0 unspecified atom stereocenters. The molecule has 0 saturated heterocycles. The average Bonchev–Trinajstić information content (AvgIpc) is 2.83. The second-order valence-electron chi connectivity index (χ2n) is 7.29. The molecule has 0 saturated carbocycles. The van der Waals surface area contributed by atoms with Crippen molar-refractivity contribution in [2.75, 3.05) is 13.7 Å². The van der Waals surface area contributed by atoms with Gasteiger partial charge in [-0.2, -0.15) is 0 Å². The van der Waals surface area contributed by atoms with Gasteiger partial charge in [0, 0.05) is 24.1 Å². The molecule has 0 aliphatic carbocycles. The summed E-state index contributed by atoms with van der Waals surface area (Å²) in [6.45, 7) is 0.389. The Bertz CT molecular complexity index is 1050. The number of ether oxygens (including phenoxy) is 1. The molecule has 32 heavy (non-hydrogen) atoms. The van der Waals surface area contributed by atoms with Gasteiger partial charge in [0.2, 0.25) is 0 Å². The number of hydrogen-bond acceptors (Lipinski definition) is 4. The minimum Gasteiger partial charge on any atom is -0.497 e. The monoisotopic (exact) mass is 430 g/mol. The van der Waals surface area contributed by atoms with Crippen LogP contribution in [0.3, 0.4) is 0 Å². The van der Waals surface area contributed by atoms with Gasteiger partial charge in [0.25, 0.3) is 5.91 Å². The Kier molecular flexibility index (Phi) is 8.15. The molecule has 2 N–H and O–H groups in total. The quantitative estimate of drug-likeness (QED) is 0.499. The van der Waals surface area contributed by atoms with E-state index in [1.165, 1.54) is 0 Å². The second kappa shape index (κ2) is 11.5. The zero-order valence-corrected chi connectivity index (χ0v) is 18.0. The number of nitrogens with one attached hydrogen (secondary N) is 2. The lowest BCUT2D eigenvalue weighted by molar-refractivity contribution is 0.0958. The van der Waals surface area contributed by atoms with E-state index in [-0.39, 0.29) is 5.78 Å². The third-order valence-corrected chi connectivity index (χ3v) is 5.04. The van der Waals surface area contributed by atoms with Gasteiger partial charge < -0.3 is 10.1 Å². The molecular weight excluding hydrogens is 404 g/mol. The molecule has 0 aliphatic rings. The highest BCUT2D eigenvalue weighted by Crippen LogP contribution is 2.12. The Balaban J connectivity index is 1.43. The number of ketones is 1. The van der Waals surface area contributed by atoms with Gasteiger partial charge in [-0.1, -0.05) is 54.6 Å². The van der Waals surface area contributed by atoms with E-state index in [0.29, 0.717) is 36.9 Å². The zero-order chi connectivity index (χ0) is 22.8. The highest BCUT2D eigenvalue weighted by Gasteiger charge is 2.12. The maximum absolute atomic E-state index is 12.4. The van der Waals surface area contributed by atoms with Gasteiger partial charge in [-0.05, 0) is 48.2 Å². The maximum atomic E-state index is 12.4. The van der Waals surface area contributed by atoms with Crippen LogP contribution in [0.5, 0.6) is 5.75 Å². The Labute approximate surface area is 187 Å². The van der Waals surface area contributed by atoms with Crippen LogP contribution in [0.1, 0.15) is 38.3 Å². The maximum Gasteiger partial charge on any atom is 0.321 e. The second-order valence-corrected chi connectivity index (χ2v) is 7.29. The van der Waals surface area contributed by atoms with Crippen LogP contribution in [0.15, 0.2) is 78.9 Å². The van der Waals surface area contributed by atoms with Crippen LogP contribution >= 0.6 is 0 Å². The average molecular weight is 431 g/mol. The number of hydrogen-bond donors (Lipinski definition) is 2. The molecule has 0 aliphatic heterocycles. The fourth-order valence-corrected chi connectivity index (χ4v) is 3.19. The Morgan fingerprint density at radius 1 is 0.750 bits per heavy atom. The fraction of sp³-hybridized carbons (Fsp3) is 0.192. The molecule has 0 heterocycles. The molecule has 0 aromatic heterocycles. The Morgan fingerprint density at radius 2 is 1.38 bits per heavy atom. The number of imide groups is 1. The van der Waals surface area contributed by atoms with Gasteiger partial charge in [-0.15, -0.1) is 0 Å². The van der Waals surface area contributed by atoms with Gasteiger partial charge in [0.1, 0.15) is 5.75 Å². The summed E-state index contributed by atoms with van der Waals surface area (Å²) in [7, 11) is 1.61. The molecule has 3 aromatic carbocycles. The molecule has 6 heteroatoms. The first-order valence-electron chi connectivity index (χ1n) is 10.4. The number of carbonyl (C=O) groups excluding carboxylic acids is 3. The molecular formula is C26H26N2O4. The van der Waals surface area contributed by atoms with Gasteiger partial charge in [-0.25, -0.2) is 4.79 Å². The van der Waals surface area contributed by atoms with E-state index in [1.54, 1.807) is 31.4 Å². The number of benzene rings is 3. The summed E-state index contributed by atoms with van der Waals surface area (Å²) in [5, 5.41) is 4.97. The number of aryl methyl sites for hydroxylation is 1. The number of methoxy groups -OCH3 is 1. The summed E-state index contributed by atoms with van der Waals surface area (Å²) in [6.07, 6.45) is 1.69. The molecule has 164 valence electrons. The molecule has 3 amide bonds. The van der Waals surface area contributed by atoms with E-state index in [0.717, 1.165) is 16.9 Å². The van der Waals surface area contributed by atoms with Gasteiger partial charge in [0.15, 0.2) is 5.78 Å². The van der Waals surface area contributed by atoms with E-state index >= 15 is 0 Å². The van der Waals surface area contributed by atoms with Crippen molar-refractivity contribution in [2.45, 2.75) is 19.3 Å². The van der Waals surface area contributed by atoms with Gasteiger partial charge in [0.05, 0.1) is 7.11 Å². The number of Topliss-reactive ketones (excluding diaryl/α,β-unsaturated/α-hetero) is 1. The summed E-state index contributed by atoms with van der Waals surface area (Å²) in [5.74, 6) is 0.265. The van der Waals surface area contributed by atoms with Crippen molar-refractivity contribution < 1.29 is 19.1 Å². The normalized spacial score (nSPS) is 10.3. The summed E-state index contributed by atoms with van der Waals surface area (Å²) in [4.78, 5) is 36.7. The molecule has 0 fully saturated rings. The van der Waals surface area contributed by atoms with E-state index in [1.807, 2.05) is 54.6 Å². The molecule has 0 atom stereocenters. The van der Waals surface area contributed by atoms with E-state index in [2.05, 4.69) is 10.6 Å². The van der Waals surface area contributed by atoms with E-state index in [4.69, 9.17) is 4.74 Å². The van der Waals surface area contributed by atoms with Crippen LogP contribution in [0, 0.1) is 0 Å². The first-order chi connectivity index (χ1) is 15.5. The number of rotatable bonds is 9. The van der Waals surface area contributed by atoms with Crippen molar-refractivity contribution in [3.05, 3.63) is 101 Å². The lowest BCUT2D eigenvalue weighted by atomic mass is 10.0. The number of amides is 3. The molecule has 6 nitrogen and oxygen atoms in total. The third-order valence-electron chi connectivity index (χ3n) is 5.04. The van der Waals surface area contributed by atoms with Crippen LogP contribution in [-0.4, -0.2) is 31.4 Å². The van der Waals surface area contributed by atoms with Crippen LogP contribution in [0.2, 0.25) is 0 Å². The van der Waals surface area contributed by atoms with Crippen molar-refractivity contribution in [3.63, 3.8) is 0 Å². The van der Waals surface area contributed by atoms with Crippen molar-refractivity contribution in [1.29, 1.82) is 0 Å². The zero-order valence-electron chi connectivity index (χ0n) is 18.0. The van der Waals surface area contributed by atoms with Crippen LogP contribution in [0.25, 0.3) is 0 Å². The molecule has 0 spiro atoms. The number of urea groups is 1. The Hall–Kier alpha value is -3.93. The standard InChI is InChI=1S/C26H26N2O4/c1-32-23-14-7-20(8-15-23)17-18-27-26(31)28-25(30)22-12-10-21(11-13-22)24(29)16-9-19-5-3-2-4-6-19/h2-8,10-15H,9,16-18H2,1H3,(H2,27,28,30,31). The summed E-state index contributed by atoms with van der Waals surface area (Å²) >= 11 is 0. The number of carbonyl (C=O) groups is 3.